The van der Waals surface area contributed by atoms with Gasteiger partial charge in [0.05, 0.1) is 0 Å². The van der Waals surface area contributed by atoms with Crippen LogP contribution in [-0.2, 0) is 0 Å². The van der Waals surface area contributed by atoms with E-state index in [1.807, 2.05) is 0 Å². The Hall–Kier alpha value is -0.940. The number of amides is 1. The first kappa shape index (κ1) is 15.1. The number of aliphatic hydroxyl groups excluding tert-OH is 1. The summed E-state index contributed by atoms with van der Waals surface area (Å²) in [5, 5.41) is 11.3. The summed E-state index contributed by atoms with van der Waals surface area (Å²) < 4.78 is 13.6. The highest BCUT2D eigenvalue weighted by Crippen LogP contribution is 2.14. The topological polar surface area (TPSA) is 49.3 Å². The number of carbonyl (C=O) groups is 1. The monoisotopic (exact) mass is 317 g/mol. The van der Waals surface area contributed by atoms with Gasteiger partial charge in [-0.15, -0.1) is 0 Å². The smallest absolute Gasteiger partial charge is 0.251 e. The molecule has 0 unspecified atom stereocenters. The highest BCUT2D eigenvalue weighted by molar-refractivity contribution is 9.10. The molecule has 0 aliphatic carbocycles. The van der Waals surface area contributed by atoms with Crippen LogP contribution >= 0.6 is 15.9 Å². The van der Waals surface area contributed by atoms with E-state index in [1.54, 1.807) is 6.07 Å². The van der Waals surface area contributed by atoms with Gasteiger partial charge in [0, 0.05) is 23.2 Å². The number of halogens is 2. The van der Waals surface area contributed by atoms with Gasteiger partial charge in [-0.05, 0) is 31.0 Å². The number of aliphatic hydroxyl groups is 1. The third-order valence-corrected chi connectivity index (χ3v) is 2.95. The third kappa shape index (κ3) is 5.60. The van der Waals surface area contributed by atoms with Gasteiger partial charge >= 0.3 is 0 Å². The van der Waals surface area contributed by atoms with Crippen LogP contribution in [0.4, 0.5) is 4.39 Å². The maximum absolute atomic E-state index is 13.1. The highest BCUT2D eigenvalue weighted by Gasteiger charge is 2.07. The van der Waals surface area contributed by atoms with Crippen LogP contribution in [0.15, 0.2) is 22.7 Å². The molecule has 0 saturated heterocycles. The summed E-state index contributed by atoms with van der Waals surface area (Å²) in [4.78, 5) is 11.7. The van der Waals surface area contributed by atoms with Crippen LogP contribution in [0, 0.1) is 5.82 Å². The van der Waals surface area contributed by atoms with Crippen molar-refractivity contribution < 1.29 is 14.3 Å². The molecular weight excluding hydrogens is 301 g/mol. The second-order valence-corrected chi connectivity index (χ2v) is 4.97. The van der Waals surface area contributed by atoms with Gasteiger partial charge in [-0.2, -0.15) is 0 Å². The Bertz CT molecular complexity index is 378. The lowest BCUT2D eigenvalue weighted by Crippen LogP contribution is -2.24. The second kappa shape index (κ2) is 8.21. The minimum absolute atomic E-state index is 0.212. The SMILES string of the molecule is O=C(NCCCCCCO)c1cc(F)cc(Br)c1. The van der Waals surface area contributed by atoms with Gasteiger partial charge in [0.1, 0.15) is 5.82 Å². The van der Waals surface area contributed by atoms with Gasteiger partial charge in [0.15, 0.2) is 0 Å². The number of carbonyl (C=O) groups excluding carboxylic acids is 1. The summed E-state index contributed by atoms with van der Waals surface area (Å²) in [6, 6.07) is 4.11. The van der Waals surface area contributed by atoms with Gasteiger partial charge in [0.2, 0.25) is 0 Å². The van der Waals surface area contributed by atoms with E-state index in [-0.39, 0.29) is 12.5 Å². The Morgan fingerprint density at radius 1 is 1.22 bits per heavy atom. The zero-order valence-corrected chi connectivity index (χ0v) is 11.7. The van der Waals surface area contributed by atoms with Crippen molar-refractivity contribution >= 4 is 21.8 Å². The Morgan fingerprint density at radius 3 is 2.61 bits per heavy atom. The minimum atomic E-state index is -0.433. The van der Waals surface area contributed by atoms with Crippen LogP contribution < -0.4 is 5.32 Å². The molecule has 0 aliphatic heterocycles. The van der Waals surface area contributed by atoms with Gasteiger partial charge in [-0.25, -0.2) is 4.39 Å². The van der Waals surface area contributed by atoms with Crippen molar-refractivity contribution in [1.29, 1.82) is 0 Å². The molecule has 1 amide bonds. The Kier molecular flexibility index (Phi) is 6.90. The quantitative estimate of drug-likeness (QED) is 0.760. The standard InChI is InChI=1S/C13H17BrFNO2/c14-11-7-10(8-12(15)9-11)13(18)16-5-3-1-2-4-6-17/h7-9,17H,1-6H2,(H,16,18). The lowest BCUT2D eigenvalue weighted by Gasteiger charge is -2.05. The molecule has 0 spiro atoms. The molecule has 3 nitrogen and oxygen atoms in total. The van der Waals surface area contributed by atoms with E-state index in [1.165, 1.54) is 12.1 Å². The summed E-state index contributed by atoms with van der Waals surface area (Å²) in [6.45, 7) is 0.780. The third-order valence-electron chi connectivity index (χ3n) is 2.50. The fourth-order valence-corrected chi connectivity index (χ4v) is 2.04. The summed E-state index contributed by atoms with van der Waals surface area (Å²) in [6.07, 6.45) is 3.58. The minimum Gasteiger partial charge on any atom is -0.396 e. The lowest BCUT2D eigenvalue weighted by atomic mass is 10.2. The zero-order valence-electron chi connectivity index (χ0n) is 10.1. The molecule has 0 saturated carbocycles. The van der Waals surface area contributed by atoms with Crippen molar-refractivity contribution in [2.45, 2.75) is 25.7 Å². The van der Waals surface area contributed by atoms with Crippen LogP contribution in [0.3, 0.4) is 0 Å². The highest BCUT2D eigenvalue weighted by atomic mass is 79.9. The number of unbranched alkanes of at least 4 members (excludes halogenated alkanes) is 3. The van der Waals surface area contributed by atoms with E-state index in [0.29, 0.717) is 16.6 Å². The molecule has 0 atom stereocenters. The molecular formula is C13H17BrFNO2. The van der Waals surface area contributed by atoms with E-state index in [2.05, 4.69) is 21.2 Å². The maximum atomic E-state index is 13.1. The van der Waals surface area contributed by atoms with Crippen molar-refractivity contribution in [2.24, 2.45) is 0 Å². The van der Waals surface area contributed by atoms with Gasteiger partial charge in [-0.3, -0.25) is 4.79 Å². The summed E-state index contributed by atoms with van der Waals surface area (Å²) in [5.41, 5.74) is 0.317. The first-order valence-corrected chi connectivity index (χ1v) is 6.78. The average Bonchev–Trinajstić information content (AvgIpc) is 2.32. The zero-order chi connectivity index (χ0) is 13.4. The van der Waals surface area contributed by atoms with Crippen molar-refractivity contribution in [3.8, 4) is 0 Å². The number of rotatable bonds is 7. The number of nitrogens with one attached hydrogen (secondary N) is 1. The maximum Gasteiger partial charge on any atom is 0.251 e. The Balaban J connectivity index is 2.32. The average molecular weight is 318 g/mol. The van der Waals surface area contributed by atoms with E-state index in [4.69, 9.17) is 5.11 Å². The van der Waals surface area contributed by atoms with E-state index in [0.717, 1.165) is 25.7 Å². The van der Waals surface area contributed by atoms with Gasteiger partial charge in [-0.1, -0.05) is 28.8 Å². The summed E-state index contributed by atoms with van der Waals surface area (Å²) >= 11 is 3.15. The van der Waals surface area contributed by atoms with Crippen LogP contribution in [0.5, 0.6) is 0 Å². The van der Waals surface area contributed by atoms with Gasteiger partial charge in [0.25, 0.3) is 5.91 Å². The number of hydrogen-bond acceptors (Lipinski definition) is 2. The molecule has 1 aromatic rings. The molecule has 0 fully saturated rings. The van der Waals surface area contributed by atoms with E-state index < -0.39 is 5.82 Å². The predicted molar refractivity (Wildman–Crippen MR) is 72.0 cm³/mol. The second-order valence-electron chi connectivity index (χ2n) is 4.05. The predicted octanol–water partition coefficient (Wildman–Crippen LogP) is 2.87. The molecule has 0 aromatic heterocycles. The van der Waals surface area contributed by atoms with Crippen molar-refractivity contribution in [3.63, 3.8) is 0 Å². The van der Waals surface area contributed by atoms with E-state index >= 15 is 0 Å². The molecule has 18 heavy (non-hydrogen) atoms. The van der Waals surface area contributed by atoms with Crippen LogP contribution in [0.2, 0.25) is 0 Å². The molecule has 1 aromatic carbocycles. The molecule has 0 bridgehead atoms. The first-order chi connectivity index (χ1) is 8.63. The molecule has 5 heteroatoms. The van der Waals surface area contributed by atoms with Crippen LogP contribution in [-0.4, -0.2) is 24.2 Å². The Labute approximate surface area is 115 Å². The molecule has 0 heterocycles. The van der Waals surface area contributed by atoms with Gasteiger partial charge < -0.3 is 10.4 Å². The van der Waals surface area contributed by atoms with E-state index in [9.17, 15) is 9.18 Å². The molecule has 100 valence electrons. The van der Waals surface area contributed by atoms with Crippen molar-refractivity contribution in [2.75, 3.05) is 13.2 Å². The van der Waals surface area contributed by atoms with Crippen molar-refractivity contribution in [1.82, 2.24) is 5.32 Å². The summed E-state index contributed by atoms with van der Waals surface area (Å²) in [7, 11) is 0. The largest absolute Gasteiger partial charge is 0.396 e. The molecule has 2 N–H and O–H groups in total. The first-order valence-electron chi connectivity index (χ1n) is 5.98. The lowest BCUT2D eigenvalue weighted by molar-refractivity contribution is 0.0952. The number of hydrogen-bond donors (Lipinski definition) is 2. The van der Waals surface area contributed by atoms with Crippen LogP contribution in [0.25, 0.3) is 0 Å². The summed E-state index contributed by atoms with van der Waals surface area (Å²) in [5.74, 6) is -0.699. The Morgan fingerprint density at radius 2 is 1.94 bits per heavy atom. The number of benzene rings is 1. The molecule has 0 aliphatic rings. The molecule has 1 rings (SSSR count). The normalized spacial score (nSPS) is 10.4. The fourth-order valence-electron chi connectivity index (χ4n) is 1.58. The fraction of sp³-hybridized carbons (Fsp3) is 0.462. The van der Waals surface area contributed by atoms with Crippen molar-refractivity contribution in [3.05, 3.63) is 34.1 Å². The molecule has 0 radical (unpaired) electrons. The van der Waals surface area contributed by atoms with Crippen LogP contribution in [0.1, 0.15) is 36.0 Å².